The first-order chi connectivity index (χ1) is 14.6. The lowest BCUT2D eigenvalue weighted by atomic mass is 9.97. The van der Waals surface area contributed by atoms with E-state index in [0.717, 1.165) is 42.6 Å². The van der Waals surface area contributed by atoms with E-state index in [9.17, 15) is 0 Å². The van der Waals surface area contributed by atoms with Crippen molar-refractivity contribution in [3.63, 3.8) is 0 Å². The second-order valence-corrected chi connectivity index (χ2v) is 8.79. The van der Waals surface area contributed by atoms with E-state index in [1.807, 2.05) is 12.1 Å². The zero-order valence-corrected chi connectivity index (χ0v) is 18.7. The van der Waals surface area contributed by atoms with E-state index in [-0.39, 0.29) is 6.61 Å². The highest BCUT2D eigenvalue weighted by atomic mass is 35.5. The number of nitrogens with zero attached hydrogens (tertiary/aromatic N) is 2. The van der Waals surface area contributed by atoms with Crippen molar-refractivity contribution >= 4 is 11.6 Å². The molecule has 0 spiro atoms. The van der Waals surface area contributed by atoms with Crippen LogP contribution in [0.3, 0.4) is 0 Å². The summed E-state index contributed by atoms with van der Waals surface area (Å²) >= 11 is 5.99. The molecule has 0 aromatic heterocycles. The number of piperidine rings is 1. The molecule has 1 atom stereocenters. The lowest BCUT2D eigenvalue weighted by Crippen LogP contribution is -2.40. The van der Waals surface area contributed by atoms with Crippen molar-refractivity contribution in [1.82, 2.24) is 9.80 Å². The van der Waals surface area contributed by atoms with Crippen LogP contribution in [0.5, 0.6) is 0 Å². The van der Waals surface area contributed by atoms with Crippen LogP contribution in [-0.2, 0) is 13.0 Å². The number of rotatable bonds is 8. The van der Waals surface area contributed by atoms with Gasteiger partial charge in [-0.25, -0.2) is 0 Å². The standard InChI is InChI=1S/C26H33ClN2O/c1-28(19-24-9-7-22(8-10-24)5-2-3-18-30)20-25-6-4-16-29(21-25)17-15-23-11-13-26(27)14-12-23/h7-14,25,30H,3-4,6,15-21H2,1H3/t25-/m1/s1. The Hall–Kier alpha value is -1.83. The van der Waals surface area contributed by atoms with Gasteiger partial charge in [-0.3, -0.25) is 0 Å². The van der Waals surface area contributed by atoms with Crippen molar-refractivity contribution in [3.05, 3.63) is 70.2 Å². The highest BCUT2D eigenvalue weighted by molar-refractivity contribution is 6.30. The van der Waals surface area contributed by atoms with Crippen molar-refractivity contribution < 1.29 is 5.11 Å². The maximum Gasteiger partial charge on any atom is 0.0540 e. The zero-order valence-electron chi connectivity index (χ0n) is 18.0. The summed E-state index contributed by atoms with van der Waals surface area (Å²) in [6, 6.07) is 16.7. The Morgan fingerprint density at radius 3 is 2.57 bits per heavy atom. The number of hydrogen-bond donors (Lipinski definition) is 1. The monoisotopic (exact) mass is 424 g/mol. The van der Waals surface area contributed by atoms with E-state index in [2.05, 4.69) is 65.1 Å². The van der Waals surface area contributed by atoms with Gasteiger partial charge in [0.25, 0.3) is 0 Å². The Kier molecular flexibility index (Phi) is 9.24. The average Bonchev–Trinajstić information content (AvgIpc) is 2.75. The molecule has 3 rings (SSSR count). The van der Waals surface area contributed by atoms with Gasteiger partial charge in [0, 0.05) is 43.2 Å². The smallest absolute Gasteiger partial charge is 0.0540 e. The van der Waals surface area contributed by atoms with Crippen molar-refractivity contribution in [3.8, 4) is 11.8 Å². The van der Waals surface area contributed by atoms with Crippen LogP contribution >= 0.6 is 11.6 Å². The normalized spacial score (nSPS) is 17.0. The van der Waals surface area contributed by atoms with Crippen LogP contribution in [-0.4, -0.2) is 54.7 Å². The molecule has 3 nitrogen and oxygen atoms in total. The molecule has 1 N–H and O–H groups in total. The second-order valence-electron chi connectivity index (χ2n) is 8.35. The predicted molar refractivity (Wildman–Crippen MR) is 126 cm³/mol. The van der Waals surface area contributed by atoms with Gasteiger partial charge in [-0.15, -0.1) is 0 Å². The molecule has 1 aliphatic heterocycles. The summed E-state index contributed by atoms with van der Waals surface area (Å²) in [6.45, 7) is 5.75. The molecule has 30 heavy (non-hydrogen) atoms. The van der Waals surface area contributed by atoms with Crippen molar-refractivity contribution in [1.29, 1.82) is 0 Å². The first-order valence-corrected chi connectivity index (χ1v) is 11.3. The third-order valence-corrected chi connectivity index (χ3v) is 5.93. The number of aliphatic hydroxyl groups is 1. The number of benzene rings is 2. The Balaban J connectivity index is 1.42. The summed E-state index contributed by atoms with van der Waals surface area (Å²) < 4.78 is 0. The summed E-state index contributed by atoms with van der Waals surface area (Å²) in [5, 5.41) is 9.62. The van der Waals surface area contributed by atoms with Gasteiger partial charge < -0.3 is 14.9 Å². The van der Waals surface area contributed by atoms with Crippen molar-refractivity contribution in [2.45, 2.75) is 32.2 Å². The molecule has 4 heteroatoms. The van der Waals surface area contributed by atoms with Gasteiger partial charge in [-0.1, -0.05) is 47.7 Å². The highest BCUT2D eigenvalue weighted by Gasteiger charge is 2.21. The lowest BCUT2D eigenvalue weighted by Gasteiger charge is -2.34. The van der Waals surface area contributed by atoms with E-state index in [1.165, 1.54) is 37.1 Å². The molecule has 0 radical (unpaired) electrons. The summed E-state index contributed by atoms with van der Waals surface area (Å²) in [7, 11) is 2.22. The van der Waals surface area contributed by atoms with Crippen molar-refractivity contribution in [2.24, 2.45) is 5.92 Å². The van der Waals surface area contributed by atoms with Gasteiger partial charge in [0.05, 0.1) is 6.61 Å². The fourth-order valence-corrected chi connectivity index (χ4v) is 4.30. The minimum atomic E-state index is 0.121. The molecule has 0 amide bonds. The molecule has 160 valence electrons. The van der Waals surface area contributed by atoms with Crippen LogP contribution in [0.15, 0.2) is 48.5 Å². The number of halogens is 1. The Morgan fingerprint density at radius 1 is 1.10 bits per heavy atom. The molecule has 1 saturated heterocycles. The maximum atomic E-state index is 8.81. The second kappa shape index (κ2) is 12.1. The minimum Gasteiger partial charge on any atom is -0.395 e. The summed E-state index contributed by atoms with van der Waals surface area (Å²) in [6.07, 6.45) is 4.23. The first-order valence-electron chi connectivity index (χ1n) is 11.0. The van der Waals surface area contributed by atoms with Crippen LogP contribution < -0.4 is 0 Å². The van der Waals surface area contributed by atoms with E-state index >= 15 is 0 Å². The Morgan fingerprint density at radius 2 is 1.83 bits per heavy atom. The molecular formula is C26H33ClN2O. The van der Waals surface area contributed by atoms with Gasteiger partial charge in [0.15, 0.2) is 0 Å². The molecular weight excluding hydrogens is 392 g/mol. The minimum absolute atomic E-state index is 0.121. The molecule has 0 unspecified atom stereocenters. The van der Waals surface area contributed by atoms with E-state index in [4.69, 9.17) is 16.7 Å². The molecule has 2 aromatic carbocycles. The van der Waals surface area contributed by atoms with E-state index in [1.54, 1.807) is 0 Å². The van der Waals surface area contributed by atoms with Gasteiger partial charge in [-0.2, -0.15) is 0 Å². The largest absolute Gasteiger partial charge is 0.395 e. The third-order valence-electron chi connectivity index (χ3n) is 5.68. The Bertz CT molecular complexity index is 823. The number of aliphatic hydroxyl groups excluding tert-OH is 1. The topological polar surface area (TPSA) is 26.7 Å². The van der Waals surface area contributed by atoms with Crippen LogP contribution in [0.4, 0.5) is 0 Å². The quantitative estimate of drug-likeness (QED) is 0.634. The van der Waals surface area contributed by atoms with Gasteiger partial charge in [-0.05, 0) is 74.2 Å². The van der Waals surface area contributed by atoms with Crippen LogP contribution in [0.1, 0.15) is 36.0 Å². The van der Waals surface area contributed by atoms with Crippen LogP contribution in [0, 0.1) is 17.8 Å². The first kappa shape index (κ1) is 22.8. The Labute approximate surface area is 186 Å². The average molecular weight is 425 g/mol. The number of hydrogen-bond acceptors (Lipinski definition) is 3. The lowest BCUT2D eigenvalue weighted by molar-refractivity contribution is 0.142. The summed E-state index contributed by atoms with van der Waals surface area (Å²) in [4.78, 5) is 5.07. The van der Waals surface area contributed by atoms with Gasteiger partial charge >= 0.3 is 0 Å². The fraction of sp³-hybridized carbons (Fsp3) is 0.462. The van der Waals surface area contributed by atoms with E-state index in [0.29, 0.717) is 6.42 Å². The van der Waals surface area contributed by atoms with E-state index < -0.39 is 0 Å². The van der Waals surface area contributed by atoms with Crippen LogP contribution in [0.25, 0.3) is 0 Å². The predicted octanol–water partition coefficient (Wildman–Crippen LogP) is 4.46. The number of likely N-dealkylation sites (tertiary alicyclic amines) is 1. The molecule has 0 bridgehead atoms. The van der Waals surface area contributed by atoms with Gasteiger partial charge in [0.2, 0.25) is 0 Å². The summed E-state index contributed by atoms with van der Waals surface area (Å²) in [5.74, 6) is 6.79. The maximum absolute atomic E-state index is 8.81. The van der Waals surface area contributed by atoms with Gasteiger partial charge in [0.1, 0.15) is 0 Å². The molecule has 0 saturated carbocycles. The molecule has 1 fully saturated rings. The van der Waals surface area contributed by atoms with Crippen molar-refractivity contribution in [2.75, 3.05) is 39.8 Å². The van der Waals surface area contributed by atoms with Crippen LogP contribution in [0.2, 0.25) is 5.02 Å². The molecule has 1 heterocycles. The SMILES string of the molecule is CN(Cc1ccc(C#CCCO)cc1)C[C@H]1CCCN(CCc2ccc(Cl)cc2)C1. The highest BCUT2D eigenvalue weighted by Crippen LogP contribution is 2.19. The summed E-state index contributed by atoms with van der Waals surface area (Å²) in [5.41, 5.74) is 3.70. The molecule has 0 aliphatic carbocycles. The molecule has 2 aromatic rings. The third kappa shape index (κ3) is 7.78. The zero-order chi connectivity index (χ0) is 21.2. The fourth-order valence-electron chi connectivity index (χ4n) is 4.17. The molecule has 1 aliphatic rings.